The lowest BCUT2D eigenvalue weighted by molar-refractivity contribution is 0.0948. The molecule has 0 fully saturated rings. The van der Waals surface area contributed by atoms with E-state index in [2.05, 4.69) is 5.32 Å². The van der Waals surface area contributed by atoms with Crippen LogP contribution in [-0.4, -0.2) is 52.5 Å². The highest BCUT2D eigenvalue weighted by molar-refractivity contribution is 7.90. The number of primary amides is 1. The van der Waals surface area contributed by atoms with Gasteiger partial charge in [-0.15, -0.1) is 0 Å². The van der Waals surface area contributed by atoms with Gasteiger partial charge >= 0.3 is 0 Å². The minimum atomic E-state index is -3.12. The lowest BCUT2D eigenvalue weighted by Gasteiger charge is -2.15. The van der Waals surface area contributed by atoms with Crippen LogP contribution in [0.25, 0.3) is 0 Å². The first-order valence-corrected chi connectivity index (χ1v) is 12.1. The smallest absolute Gasteiger partial charge is 0.254 e. The Bertz CT molecular complexity index is 1160. The van der Waals surface area contributed by atoms with Crippen LogP contribution in [0, 0.1) is 5.82 Å². The van der Waals surface area contributed by atoms with Crippen LogP contribution in [0.5, 0.6) is 11.5 Å². The first-order valence-electron chi connectivity index (χ1n) is 10.0. The van der Waals surface area contributed by atoms with Gasteiger partial charge < -0.3 is 20.5 Å². The highest BCUT2D eigenvalue weighted by Crippen LogP contribution is 2.40. The van der Waals surface area contributed by atoms with Crippen molar-refractivity contribution < 1.29 is 31.9 Å². The number of nitrogens with two attached hydrogens (primary N) is 1. The van der Waals surface area contributed by atoms with E-state index >= 15 is 0 Å². The molecule has 1 aliphatic rings. The van der Waals surface area contributed by atoms with Crippen molar-refractivity contribution in [1.82, 2.24) is 5.32 Å². The van der Waals surface area contributed by atoms with E-state index in [0.717, 1.165) is 11.8 Å². The van der Waals surface area contributed by atoms with Gasteiger partial charge in [0.1, 0.15) is 27.2 Å². The molecule has 172 valence electrons. The third kappa shape index (κ3) is 5.37. The Labute approximate surface area is 185 Å². The van der Waals surface area contributed by atoms with Gasteiger partial charge in [0.05, 0.1) is 30.6 Å². The molecule has 0 aromatic heterocycles. The second-order valence-electron chi connectivity index (χ2n) is 7.62. The number of methoxy groups -OCH3 is 1. The molecule has 8 nitrogen and oxygen atoms in total. The fourth-order valence-corrected chi connectivity index (χ4v) is 4.35. The van der Waals surface area contributed by atoms with Crippen molar-refractivity contribution in [3.05, 3.63) is 57.9 Å². The summed E-state index contributed by atoms with van der Waals surface area (Å²) in [5.74, 6) is -1.03. The zero-order chi connectivity index (χ0) is 23.5. The summed E-state index contributed by atoms with van der Waals surface area (Å²) < 4.78 is 48.0. The third-order valence-electron chi connectivity index (χ3n) is 5.12. The highest BCUT2D eigenvalue weighted by Gasteiger charge is 2.26. The number of hydrogen-bond acceptors (Lipinski definition) is 6. The average molecular weight is 465 g/mol. The first kappa shape index (κ1) is 23.5. The van der Waals surface area contributed by atoms with Crippen LogP contribution in [0.15, 0.2) is 24.3 Å². The first-order chi connectivity index (χ1) is 15.1. The van der Waals surface area contributed by atoms with Crippen molar-refractivity contribution in [3.8, 4) is 11.5 Å². The molecular weight excluding hydrogens is 439 g/mol. The molecule has 2 aromatic rings. The van der Waals surface area contributed by atoms with Crippen molar-refractivity contribution >= 4 is 21.7 Å². The Morgan fingerprint density at radius 1 is 1.25 bits per heavy atom. The number of fused-ring (bicyclic) bond motifs is 1. The van der Waals surface area contributed by atoms with Crippen molar-refractivity contribution in [2.45, 2.75) is 19.3 Å². The Hall–Kier alpha value is -3.14. The quantitative estimate of drug-likeness (QED) is 0.544. The van der Waals surface area contributed by atoms with Crippen LogP contribution in [-0.2, 0) is 22.7 Å². The summed E-state index contributed by atoms with van der Waals surface area (Å²) in [6, 6.07) is 5.83. The third-order valence-corrected chi connectivity index (χ3v) is 6.15. The Kier molecular flexibility index (Phi) is 7.02. The predicted octanol–water partition coefficient (Wildman–Crippen LogP) is 1.62. The minimum Gasteiger partial charge on any atom is -0.495 e. The Morgan fingerprint density at radius 3 is 2.62 bits per heavy atom. The predicted molar refractivity (Wildman–Crippen MR) is 117 cm³/mol. The molecular formula is C22H25FN2O6S. The molecule has 0 spiro atoms. The zero-order valence-electron chi connectivity index (χ0n) is 17.9. The summed E-state index contributed by atoms with van der Waals surface area (Å²) in [5.41, 5.74) is 7.60. The van der Waals surface area contributed by atoms with Gasteiger partial charge in [-0.2, -0.15) is 0 Å². The average Bonchev–Trinajstić information content (AvgIpc) is 3.20. The summed E-state index contributed by atoms with van der Waals surface area (Å²) in [6.45, 7) is 0.562. The maximum absolute atomic E-state index is 14.6. The van der Waals surface area contributed by atoms with Crippen LogP contribution in [0.2, 0.25) is 0 Å². The van der Waals surface area contributed by atoms with E-state index in [4.69, 9.17) is 15.2 Å². The molecule has 1 aliphatic heterocycles. The van der Waals surface area contributed by atoms with E-state index in [1.165, 1.54) is 19.2 Å². The topological polar surface area (TPSA) is 125 Å². The molecule has 0 atom stereocenters. The van der Waals surface area contributed by atoms with Crippen molar-refractivity contribution in [2.75, 3.05) is 32.3 Å². The van der Waals surface area contributed by atoms with Gasteiger partial charge in [0.2, 0.25) is 0 Å². The maximum atomic E-state index is 14.6. The number of halogens is 1. The molecule has 1 heterocycles. The molecule has 0 unspecified atom stereocenters. The number of carbonyl (C=O) groups is 2. The molecule has 0 bridgehead atoms. The molecule has 3 N–H and O–H groups in total. The van der Waals surface area contributed by atoms with E-state index in [9.17, 15) is 22.4 Å². The maximum Gasteiger partial charge on any atom is 0.254 e. The van der Waals surface area contributed by atoms with E-state index in [-0.39, 0.29) is 36.3 Å². The number of carbonyl (C=O) groups excluding carboxylic acids is 2. The standard InChI is InChI=1S/C22H25FN2O6S/c1-30-20-16-6-8-31-19(16)14(12-17(20)21(24)26)10-13-4-5-15(18(23)11-13)22(27)25-7-3-9-32(2,28)29/h4-5,11-12H,3,6-10H2,1-2H3,(H2,24,26)(H,25,27). The molecule has 10 heteroatoms. The van der Waals surface area contributed by atoms with Crippen molar-refractivity contribution in [1.29, 1.82) is 0 Å². The molecule has 2 aromatic carbocycles. The van der Waals surface area contributed by atoms with E-state index in [0.29, 0.717) is 35.7 Å². The lowest BCUT2D eigenvalue weighted by atomic mass is 9.96. The molecule has 32 heavy (non-hydrogen) atoms. The number of rotatable bonds is 9. The number of benzene rings is 2. The van der Waals surface area contributed by atoms with Gasteiger partial charge in [-0.3, -0.25) is 9.59 Å². The number of sulfone groups is 1. The molecule has 0 radical (unpaired) electrons. The van der Waals surface area contributed by atoms with Crippen LogP contribution >= 0.6 is 0 Å². The normalized spacial score (nSPS) is 12.7. The minimum absolute atomic E-state index is 0.0593. The molecule has 0 saturated carbocycles. The molecule has 3 rings (SSSR count). The number of nitrogens with one attached hydrogen (secondary N) is 1. The number of hydrogen-bond donors (Lipinski definition) is 2. The monoisotopic (exact) mass is 464 g/mol. The van der Waals surface area contributed by atoms with E-state index in [1.54, 1.807) is 12.1 Å². The van der Waals surface area contributed by atoms with Gasteiger partial charge in [-0.25, -0.2) is 12.8 Å². The van der Waals surface area contributed by atoms with Gasteiger partial charge in [-0.1, -0.05) is 6.07 Å². The summed E-state index contributed by atoms with van der Waals surface area (Å²) in [5, 5.41) is 2.52. The summed E-state index contributed by atoms with van der Waals surface area (Å²) in [7, 11) is -1.66. The second kappa shape index (κ2) is 9.56. The zero-order valence-corrected chi connectivity index (χ0v) is 18.7. The van der Waals surface area contributed by atoms with Crippen LogP contribution in [0.4, 0.5) is 4.39 Å². The van der Waals surface area contributed by atoms with Crippen LogP contribution in [0.3, 0.4) is 0 Å². The number of ether oxygens (including phenoxy) is 2. The van der Waals surface area contributed by atoms with Crippen LogP contribution in [0.1, 0.15) is 43.8 Å². The van der Waals surface area contributed by atoms with Gasteiger partial charge in [0.15, 0.2) is 0 Å². The highest BCUT2D eigenvalue weighted by atomic mass is 32.2. The molecule has 0 aliphatic carbocycles. The van der Waals surface area contributed by atoms with Gasteiger partial charge in [-0.05, 0) is 35.7 Å². The SMILES string of the molecule is COc1c(C(N)=O)cc(Cc2ccc(C(=O)NCCCS(C)(=O)=O)c(F)c2)c2c1CCO2. The second-order valence-corrected chi connectivity index (χ2v) is 9.88. The van der Waals surface area contributed by atoms with Crippen molar-refractivity contribution in [2.24, 2.45) is 5.73 Å². The van der Waals surface area contributed by atoms with Gasteiger partial charge in [0, 0.05) is 31.2 Å². The Morgan fingerprint density at radius 2 is 2.00 bits per heavy atom. The molecule has 2 amide bonds. The molecule has 0 saturated heterocycles. The number of amides is 2. The summed E-state index contributed by atoms with van der Waals surface area (Å²) in [6.07, 6.45) is 2.19. The summed E-state index contributed by atoms with van der Waals surface area (Å²) in [4.78, 5) is 24.1. The van der Waals surface area contributed by atoms with E-state index in [1.807, 2.05) is 0 Å². The van der Waals surface area contributed by atoms with Gasteiger partial charge in [0.25, 0.3) is 11.8 Å². The fourth-order valence-electron chi connectivity index (χ4n) is 3.68. The lowest BCUT2D eigenvalue weighted by Crippen LogP contribution is -2.26. The fraction of sp³-hybridized carbons (Fsp3) is 0.364. The van der Waals surface area contributed by atoms with E-state index < -0.39 is 27.5 Å². The summed E-state index contributed by atoms with van der Waals surface area (Å²) >= 11 is 0. The van der Waals surface area contributed by atoms with Crippen molar-refractivity contribution in [3.63, 3.8) is 0 Å². The van der Waals surface area contributed by atoms with Crippen LogP contribution < -0.4 is 20.5 Å². The largest absolute Gasteiger partial charge is 0.495 e. The Balaban J connectivity index is 1.78.